The second-order valence-corrected chi connectivity index (χ2v) is 6.17. The molecule has 21 heavy (non-hydrogen) atoms. The Labute approximate surface area is 128 Å². The minimum Gasteiger partial charge on any atom is -0.329 e. The first-order valence-corrected chi connectivity index (χ1v) is 8.28. The first-order valence-electron chi connectivity index (χ1n) is 8.28. The van der Waals surface area contributed by atoms with E-state index in [-0.39, 0.29) is 11.3 Å². The van der Waals surface area contributed by atoms with Crippen molar-refractivity contribution in [2.75, 3.05) is 18.0 Å². The highest BCUT2D eigenvalue weighted by Gasteiger charge is 2.39. The first-order chi connectivity index (χ1) is 10.2. The van der Waals surface area contributed by atoms with Crippen LogP contribution in [0.1, 0.15) is 51.5 Å². The Hall–Kier alpha value is -1.35. The average molecular weight is 288 g/mol. The summed E-state index contributed by atoms with van der Waals surface area (Å²) in [6.07, 6.45) is 5.87. The minimum absolute atomic E-state index is 0.237. The molecule has 116 valence electrons. The maximum absolute atomic E-state index is 13.2. The van der Waals surface area contributed by atoms with Crippen molar-refractivity contribution in [2.45, 2.75) is 52.4 Å². The highest BCUT2D eigenvalue weighted by molar-refractivity contribution is 5.98. The summed E-state index contributed by atoms with van der Waals surface area (Å²) < 4.78 is 0. The Kier molecular flexibility index (Phi) is 5.40. The van der Waals surface area contributed by atoms with Crippen molar-refractivity contribution in [3.63, 3.8) is 0 Å². The predicted molar refractivity (Wildman–Crippen MR) is 88.4 cm³/mol. The summed E-state index contributed by atoms with van der Waals surface area (Å²) in [5.41, 5.74) is 8.06. The van der Waals surface area contributed by atoms with Crippen LogP contribution in [0.4, 0.5) is 5.69 Å². The van der Waals surface area contributed by atoms with Crippen molar-refractivity contribution < 1.29 is 4.79 Å². The number of hydrogen-bond acceptors (Lipinski definition) is 2. The van der Waals surface area contributed by atoms with Crippen LogP contribution in [-0.4, -0.2) is 19.0 Å². The Morgan fingerprint density at radius 2 is 1.90 bits per heavy atom. The van der Waals surface area contributed by atoms with Gasteiger partial charge in [0.05, 0.1) is 5.41 Å². The van der Waals surface area contributed by atoms with Crippen LogP contribution in [0.25, 0.3) is 0 Å². The molecule has 1 heterocycles. The van der Waals surface area contributed by atoms with E-state index in [1.807, 2.05) is 11.0 Å². The standard InChI is InChI=1S/C18H28N2O/c1-3-11-18(14-19,12-4-2)17(21)20-13-7-9-15-8-5-6-10-16(15)20/h5-6,8,10H,3-4,7,9,11-14,19H2,1-2H3. The lowest BCUT2D eigenvalue weighted by Gasteiger charge is -2.39. The molecule has 1 aromatic carbocycles. The van der Waals surface area contributed by atoms with E-state index >= 15 is 0 Å². The van der Waals surface area contributed by atoms with Gasteiger partial charge in [-0.15, -0.1) is 0 Å². The van der Waals surface area contributed by atoms with E-state index < -0.39 is 0 Å². The SMILES string of the molecule is CCCC(CN)(CCC)C(=O)N1CCCc2ccccc21. The lowest BCUT2D eigenvalue weighted by atomic mass is 9.77. The molecule has 0 radical (unpaired) electrons. The molecule has 0 spiro atoms. The lowest BCUT2D eigenvalue weighted by molar-refractivity contribution is -0.128. The third kappa shape index (κ3) is 3.13. The molecule has 1 amide bonds. The van der Waals surface area contributed by atoms with Crippen molar-refractivity contribution in [1.29, 1.82) is 0 Å². The normalized spacial score (nSPS) is 14.9. The molecule has 2 rings (SSSR count). The number of para-hydroxylation sites is 1. The van der Waals surface area contributed by atoms with Crippen LogP contribution in [0, 0.1) is 5.41 Å². The third-order valence-corrected chi connectivity index (χ3v) is 4.66. The van der Waals surface area contributed by atoms with Crippen LogP contribution in [0.15, 0.2) is 24.3 Å². The second-order valence-electron chi connectivity index (χ2n) is 6.17. The van der Waals surface area contributed by atoms with Crippen molar-refractivity contribution in [2.24, 2.45) is 11.1 Å². The molecule has 0 fully saturated rings. The highest BCUT2D eigenvalue weighted by atomic mass is 16.2. The summed E-state index contributed by atoms with van der Waals surface area (Å²) in [6.45, 7) is 5.55. The smallest absolute Gasteiger partial charge is 0.234 e. The molecule has 0 aromatic heterocycles. The van der Waals surface area contributed by atoms with Gasteiger partial charge in [-0.3, -0.25) is 4.79 Å². The maximum atomic E-state index is 13.2. The van der Waals surface area contributed by atoms with Gasteiger partial charge in [-0.2, -0.15) is 0 Å². The van der Waals surface area contributed by atoms with Gasteiger partial charge in [0.1, 0.15) is 0 Å². The molecule has 0 aliphatic carbocycles. The number of amides is 1. The molecule has 3 heteroatoms. The number of benzene rings is 1. The maximum Gasteiger partial charge on any atom is 0.234 e. The number of nitrogens with two attached hydrogens (primary N) is 1. The third-order valence-electron chi connectivity index (χ3n) is 4.66. The largest absolute Gasteiger partial charge is 0.329 e. The van der Waals surface area contributed by atoms with E-state index in [2.05, 4.69) is 32.0 Å². The highest BCUT2D eigenvalue weighted by Crippen LogP contribution is 2.36. The van der Waals surface area contributed by atoms with Gasteiger partial charge in [0.25, 0.3) is 0 Å². The summed E-state index contributed by atoms with van der Waals surface area (Å²) >= 11 is 0. The number of fused-ring (bicyclic) bond motifs is 1. The lowest BCUT2D eigenvalue weighted by Crippen LogP contribution is -2.49. The summed E-state index contributed by atoms with van der Waals surface area (Å²) in [7, 11) is 0. The van der Waals surface area contributed by atoms with Crippen molar-refractivity contribution >= 4 is 11.6 Å². The minimum atomic E-state index is -0.381. The van der Waals surface area contributed by atoms with E-state index in [1.165, 1.54) is 5.56 Å². The number of rotatable bonds is 6. The molecule has 0 atom stereocenters. The zero-order chi connectivity index (χ0) is 15.3. The molecule has 0 unspecified atom stereocenters. The van der Waals surface area contributed by atoms with E-state index in [1.54, 1.807) is 0 Å². The quantitative estimate of drug-likeness (QED) is 0.870. The topological polar surface area (TPSA) is 46.3 Å². The molecule has 1 aliphatic heterocycles. The Balaban J connectivity index is 2.33. The van der Waals surface area contributed by atoms with Gasteiger partial charge in [0.2, 0.25) is 5.91 Å². The van der Waals surface area contributed by atoms with Gasteiger partial charge in [0, 0.05) is 18.8 Å². The van der Waals surface area contributed by atoms with Gasteiger partial charge in [0.15, 0.2) is 0 Å². The van der Waals surface area contributed by atoms with Gasteiger partial charge in [-0.1, -0.05) is 44.9 Å². The van der Waals surface area contributed by atoms with Crippen LogP contribution in [0.5, 0.6) is 0 Å². The van der Waals surface area contributed by atoms with Crippen LogP contribution in [-0.2, 0) is 11.2 Å². The molecule has 1 aliphatic rings. The fourth-order valence-corrected chi connectivity index (χ4v) is 3.62. The summed E-state index contributed by atoms with van der Waals surface area (Å²) in [5, 5.41) is 0. The fraction of sp³-hybridized carbons (Fsp3) is 0.611. The number of carbonyl (C=O) groups is 1. The van der Waals surface area contributed by atoms with Gasteiger partial charge in [-0.25, -0.2) is 0 Å². The molecule has 2 N–H and O–H groups in total. The van der Waals surface area contributed by atoms with Crippen molar-refractivity contribution in [1.82, 2.24) is 0 Å². The van der Waals surface area contributed by atoms with Crippen LogP contribution < -0.4 is 10.6 Å². The first kappa shape index (κ1) is 16.0. The van der Waals surface area contributed by atoms with Crippen molar-refractivity contribution in [3.8, 4) is 0 Å². The second kappa shape index (κ2) is 7.08. The van der Waals surface area contributed by atoms with E-state index in [4.69, 9.17) is 5.73 Å². The molecule has 0 bridgehead atoms. The summed E-state index contributed by atoms with van der Waals surface area (Å²) in [5.74, 6) is 0.237. The zero-order valence-corrected chi connectivity index (χ0v) is 13.4. The fourth-order valence-electron chi connectivity index (χ4n) is 3.62. The van der Waals surface area contributed by atoms with E-state index in [0.717, 1.165) is 50.8 Å². The molecular formula is C18H28N2O. The average Bonchev–Trinajstić information content (AvgIpc) is 2.53. The predicted octanol–water partition coefficient (Wildman–Crippen LogP) is 3.51. The monoisotopic (exact) mass is 288 g/mol. The van der Waals surface area contributed by atoms with E-state index in [0.29, 0.717) is 6.54 Å². The Bertz CT molecular complexity index is 478. The van der Waals surface area contributed by atoms with Crippen LogP contribution >= 0.6 is 0 Å². The van der Waals surface area contributed by atoms with E-state index in [9.17, 15) is 4.79 Å². The molecule has 3 nitrogen and oxygen atoms in total. The molecular weight excluding hydrogens is 260 g/mol. The van der Waals surface area contributed by atoms with Gasteiger partial charge < -0.3 is 10.6 Å². The Morgan fingerprint density at radius 1 is 1.24 bits per heavy atom. The van der Waals surface area contributed by atoms with Gasteiger partial charge in [-0.05, 0) is 37.3 Å². The molecule has 0 saturated carbocycles. The number of anilines is 1. The summed E-state index contributed by atoms with van der Waals surface area (Å²) in [6, 6.07) is 8.29. The van der Waals surface area contributed by atoms with Crippen molar-refractivity contribution in [3.05, 3.63) is 29.8 Å². The number of carbonyl (C=O) groups excluding carboxylic acids is 1. The van der Waals surface area contributed by atoms with Crippen LogP contribution in [0.2, 0.25) is 0 Å². The molecule has 0 saturated heterocycles. The number of aryl methyl sites for hydroxylation is 1. The Morgan fingerprint density at radius 3 is 2.52 bits per heavy atom. The summed E-state index contributed by atoms with van der Waals surface area (Å²) in [4.78, 5) is 15.2. The van der Waals surface area contributed by atoms with Gasteiger partial charge >= 0.3 is 0 Å². The number of nitrogens with zero attached hydrogens (tertiary/aromatic N) is 1. The number of hydrogen-bond donors (Lipinski definition) is 1. The van der Waals surface area contributed by atoms with Crippen LogP contribution in [0.3, 0.4) is 0 Å². The molecule has 1 aromatic rings. The zero-order valence-electron chi connectivity index (χ0n) is 13.4.